The minimum Gasteiger partial charge on any atom is -0.496 e. The van der Waals surface area contributed by atoms with Crippen LogP contribution in [0.25, 0.3) is 0 Å². The number of methoxy groups -OCH3 is 1. The third-order valence-corrected chi connectivity index (χ3v) is 5.89. The van der Waals surface area contributed by atoms with E-state index in [0.29, 0.717) is 11.5 Å². The molecule has 1 amide bonds. The van der Waals surface area contributed by atoms with Crippen LogP contribution in [0.1, 0.15) is 27.0 Å². The summed E-state index contributed by atoms with van der Waals surface area (Å²) in [7, 11) is 1.54. The fourth-order valence-electron chi connectivity index (χ4n) is 2.82. The van der Waals surface area contributed by atoms with E-state index in [1.807, 2.05) is 31.2 Å². The molecule has 0 aliphatic rings. The molecule has 0 unspecified atom stereocenters. The maximum atomic E-state index is 13.0. The second-order valence-corrected chi connectivity index (χ2v) is 8.23. The number of aryl methyl sites for hydroxylation is 1. The van der Waals surface area contributed by atoms with Gasteiger partial charge in [0, 0.05) is 21.8 Å². The number of rotatable bonds is 6. The van der Waals surface area contributed by atoms with Crippen molar-refractivity contribution in [3.63, 3.8) is 0 Å². The quantitative estimate of drug-likeness (QED) is 0.390. The van der Waals surface area contributed by atoms with Crippen molar-refractivity contribution in [2.24, 2.45) is 0 Å². The highest BCUT2D eigenvalue weighted by Crippen LogP contribution is 2.34. The van der Waals surface area contributed by atoms with Crippen molar-refractivity contribution in [3.8, 4) is 5.75 Å². The molecule has 3 rings (SSSR count). The lowest BCUT2D eigenvalue weighted by Gasteiger charge is -2.13. The van der Waals surface area contributed by atoms with E-state index in [0.717, 1.165) is 34.2 Å². The number of thioether (sulfide) groups is 1. The van der Waals surface area contributed by atoms with Crippen LogP contribution in [0.15, 0.2) is 65.6 Å². The van der Waals surface area contributed by atoms with Gasteiger partial charge in [-0.25, -0.2) is 0 Å². The molecule has 0 radical (unpaired) electrons. The summed E-state index contributed by atoms with van der Waals surface area (Å²) in [5, 5.41) is 2.48. The monoisotopic (exact) mass is 465 g/mol. The molecule has 0 saturated carbocycles. The number of carbonyl (C=O) groups is 1. The zero-order chi connectivity index (χ0) is 22.6. The van der Waals surface area contributed by atoms with E-state index in [-0.39, 0.29) is 16.3 Å². The maximum Gasteiger partial charge on any atom is 0.416 e. The predicted molar refractivity (Wildman–Crippen MR) is 118 cm³/mol. The Labute approximate surface area is 187 Å². The van der Waals surface area contributed by atoms with Crippen LogP contribution in [-0.4, -0.2) is 13.0 Å². The molecule has 162 valence electrons. The minimum absolute atomic E-state index is 0.0185. The Kier molecular flexibility index (Phi) is 7.18. The standard InChI is InChI=1S/C23H19ClF3NO2S/c1-14-3-7-18(8-4-14)31-13-16-11-15(5-10-21(16)30-2)22(29)28-20-12-17(23(25,26)27)6-9-19(20)24/h3-12H,13H2,1-2H3,(H,28,29). The number of nitrogens with one attached hydrogen (secondary N) is 1. The third kappa shape index (κ3) is 5.95. The third-order valence-electron chi connectivity index (χ3n) is 4.50. The van der Waals surface area contributed by atoms with E-state index in [4.69, 9.17) is 16.3 Å². The van der Waals surface area contributed by atoms with Crippen LogP contribution in [0.3, 0.4) is 0 Å². The molecule has 0 fully saturated rings. The van der Waals surface area contributed by atoms with Gasteiger partial charge in [0.25, 0.3) is 5.91 Å². The van der Waals surface area contributed by atoms with Gasteiger partial charge in [-0.1, -0.05) is 29.3 Å². The summed E-state index contributed by atoms with van der Waals surface area (Å²) < 4.78 is 44.3. The fraction of sp³-hybridized carbons (Fsp3) is 0.174. The molecule has 1 N–H and O–H groups in total. The molecule has 31 heavy (non-hydrogen) atoms. The van der Waals surface area contributed by atoms with Gasteiger partial charge in [-0.05, 0) is 55.5 Å². The lowest BCUT2D eigenvalue weighted by atomic mass is 10.1. The van der Waals surface area contributed by atoms with Crippen LogP contribution >= 0.6 is 23.4 Å². The topological polar surface area (TPSA) is 38.3 Å². The number of amides is 1. The summed E-state index contributed by atoms with van der Waals surface area (Å²) in [5.41, 5.74) is 1.24. The first-order chi connectivity index (χ1) is 14.7. The molecule has 3 nitrogen and oxygen atoms in total. The van der Waals surface area contributed by atoms with E-state index < -0.39 is 17.6 Å². The highest BCUT2D eigenvalue weighted by molar-refractivity contribution is 7.98. The molecule has 0 aliphatic carbocycles. The first kappa shape index (κ1) is 23.0. The average Bonchev–Trinajstić information content (AvgIpc) is 2.73. The molecule has 3 aromatic carbocycles. The van der Waals surface area contributed by atoms with Gasteiger partial charge in [-0.15, -0.1) is 11.8 Å². The molecule has 0 spiro atoms. The van der Waals surface area contributed by atoms with Crippen LogP contribution in [-0.2, 0) is 11.9 Å². The maximum absolute atomic E-state index is 13.0. The normalized spacial score (nSPS) is 11.3. The molecule has 0 bridgehead atoms. The molecule has 0 aromatic heterocycles. The number of hydrogen-bond acceptors (Lipinski definition) is 3. The number of carbonyl (C=O) groups excluding carboxylic acids is 1. The molecule has 0 saturated heterocycles. The van der Waals surface area contributed by atoms with Crippen molar-refractivity contribution < 1.29 is 22.7 Å². The van der Waals surface area contributed by atoms with Crippen LogP contribution in [0, 0.1) is 6.92 Å². The first-order valence-electron chi connectivity index (χ1n) is 9.22. The molecule has 0 aliphatic heterocycles. The summed E-state index contributed by atoms with van der Waals surface area (Å²) in [6, 6.07) is 15.7. The van der Waals surface area contributed by atoms with E-state index in [9.17, 15) is 18.0 Å². The highest BCUT2D eigenvalue weighted by Gasteiger charge is 2.31. The van der Waals surface area contributed by atoms with E-state index in [2.05, 4.69) is 5.32 Å². The van der Waals surface area contributed by atoms with Crippen molar-refractivity contribution in [1.82, 2.24) is 0 Å². The Morgan fingerprint density at radius 2 is 1.77 bits per heavy atom. The van der Waals surface area contributed by atoms with Crippen molar-refractivity contribution in [1.29, 1.82) is 0 Å². The Bertz CT molecular complexity index is 1090. The van der Waals surface area contributed by atoms with E-state index in [1.54, 1.807) is 30.0 Å². The van der Waals surface area contributed by atoms with Gasteiger partial charge in [0.1, 0.15) is 5.75 Å². The Hall–Kier alpha value is -2.64. The second kappa shape index (κ2) is 9.66. The second-order valence-electron chi connectivity index (χ2n) is 6.77. The summed E-state index contributed by atoms with van der Waals surface area (Å²) >= 11 is 7.57. The molecule has 0 heterocycles. The van der Waals surface area contributed by atoms with Crippen LogP contribution < -0.4 is 10.1 Å². The average molecular weight is 466 g/mol. The van der Waals surface area contributed by atoms with Crippen LogP contribution in [0.5, 0.6) is 5.75 Å². The number of halogens is 4. The molecular formula is C23H19ClF3NO2S. The number of anilines is 1. The van der Waals surface area contributed by atoms with Crippen molar-refractivity contribution in [3.05, 3.63) is 87.9 Å². The minimum atomic E-state index is -4.54. The van der Waals surface area contributed by atoms with Gasteiger partial charge in [-0.2, -0.15) is 13.2 Å². The Morgan fingerprint density at radius 1 is 1.06 bits per heavy atom. The molecular weight excluding hydrogens is 447 g/mol. The molecule has 8 heteroatoms. The Balaban J connectivity index is 1.80. The van der Waals surface area contributed by atoms with Crippen LogP contribution in [0.4, 0.5) is 18.9 Å². The zero-order valence-corrected chi connectivity index (χ0v) is 18.3. The SMILES string of the molecule is COc1ccc(C(=O)Nc2cc(C(F)(F)F)ccc2Cl)cc1CSc1ccc(C)cc1. The van der Waals surface area contributed by atoms with E-state index in [1.165, 1.54) is 7.11 Å². The van der Waals surface area contributed by atoms with Gasteiger partial charge in [0.15, 0.2) is 0 Å². The summed E-state index contributed by atoms with van der Waals surface area (Å²) in [5.74, 6) is 0.608. The number of benzene rings is 3. The van der Waals surface area contributed by atoms with Crippen molar-refractivity contribution >= 4 is 35.0 Å². The zero-order valence-electron chi connectivity index (χ0n) is 16.7. The van der Waals surface area contributed by atoms with Gasteiger partial charge >= 0.3 is 6.18 Å². The number of alkyl halides is 3. The van der Waals surface area contributed by atoms with Gasteiger partial charge in [0.05, 0.1) is 23.4 Å². The van der Waals surface area contributed by atoms with Crippen molar-refractivity contribution in [2.75, 3.05) is 12.4 Å². The number of ether oxygens (including phenoxy) is 1. The largest absolute Gasteiger partial charge is 0.496 e. The van der Waals surface area contributed by atoms with Crippen molar-refractivity contribution in [2.45, 2.75) is 23.7 Å². The first-order valence-corrected chi connectivity index (χ1v) is 10.6. The molecule has 3 aromatic rings. The fourth-order valence-corrected chi connectivity index (χ4v) is 3.86. The Morgan fingerprint density at radius 3 is 2.42 bits per heavy atom. The summed E-state index contributed by atoms with van der Waals surface area (Å²) in [6.45, 7) is 2.01. The predicted octanol–water partition coefficient (Wildman–Crippen LogP) is 7.22. The van der Waals surface area contributed by atoms with E-state index >= 15 is 0 Å². The lowest BCUT2D eigenvalue weighted by Crippen LogP contribution is -2.14. The summed E-state index contributed by atoms with van der Waals surface area (Å²) in [4.78, 5) is 13.8. The smallest absolute Gasteiger partial charge is 0.416 e. The van der Waals surface area contributed by atoms with Crippen LogP contribution in [0.2, 0.25) is 5.02 Å². The number of hydrogen-bond donors (Lipinski definition) is 1. The van der Waals surface area contributed by atoms with Gasteiger partial charge in [-0.3, -0.25) is 4.79 Å². The highest BCUT2D eigenvalue weighted by atomic mass is 35.5. The van der Waals surface area contributed by atoms with Gasteiger partial charge < -0.3 is 10.1 Å². The molecule has 0 atom stereocenters. The summed E-state index contributed by atoms with van der Waals surface area (Å²) in [6.07, 6.45) is -4.54. The lowest BCUT2D eigenvalue weighted by molar-refractivity contribution is -0.137. The van der Waals surface area contributed by atoms with Gasteiger partial charge in [0.2, 0.25) is 0 Å².